The summed E-state index contributed by atoms with van der Waals surface area (Å²) in [6, 6.07) is 60.0. The number of para-hydroxylation sites is 1. The van der Waals surface area contributed by atoms with Gasteiger partial charge in [-0.3, -0.25) is 0 Å². The Labute approximate surface area is 305 Å². The van der Waals surface area contributed by atoms with Crippen LogP contribution in [0.4, 0.5) is 17.1 Å². The molecule has 8 aromatic carbocycles. The summed E-state index contributed by atoms with van der Waals surface area (Å²) < 4.78 is 8.84. The van der Waals surface area contributed by atoms with Crippen molar-refractivity contribution < 1.29 is 4.42 Å². The maximum atomic E-state index is 6.23. The van der Waals surface area contributed by atoms with E-state index in [1.165, 1.54) is 69.7 Å². The van der Waals surface area contributed by atoms with Crippen LogP contribution in [0.2, 0.25) is 0 Å². The van der Waals surface area contributed by atoms with Crippen molar-refractivity contribution in [2.24, 2.45) is 0 Å². The van der Waals surface area contributed by atoms with Gasteiger partial charge in [0.05, 0.1) is 0 Å². The summed E-state index contributed by atoms with van der Waals surface area (Å²) in [5, 5.41) is 7.38. The van der Waals surface area contributed by atoms with E-state index in [4.69, 9.17) is 4.42 Å². The molecule has 0 fully saturated rings. The van der Waals surface area contributed by atoms with Crippen molar-refractivity contribution in [3.05, 3.63) is 175 Å². The Hall–Kier alpha value is -6.16. The molecule has 0 radical (unpaired) electrons. The summed E-state index contributed by atoms with van der Waals surface area (Å²) >= 11 is 1.86. The Balaban J connectivity index is 1.06. The lowest BCUT2D eigenvalue weighted by molar-refractivity contribution is 0.660. The molecule has 1 aliphatic carbocycles. The molecular formula is C49H33NOS. The van der Waals surface area contributed by atoms with Crippen LogP contribution in [0, 0.1) is 0 Å². The number of nitrogens with zero attached hydrogens (tertiary/aromatic N) is 1. The van der Waals surface area contributed by atoms with E-state index in [1.807, 2.05) is 17.4 Å². The normalized spacial score (nSPS) is 13.3. The number of rotatable bonds is 4. The molecule has 0 amide bonds. The van der Waals surface area contributed by atoms with Gasteiger partial charge in [-0.1, -0.05) is 117 Å². The van der Waals surface area contributed by atoms with Crippen LogP contribution in [-0.4, -0.2) is 0 Å². The molecule has 0 saturated carbocycles. The molecule has 0 N–H and O–H groups in total. The summed E-state index contributed by atoms with van der Waals surface area (Å²) in [5.74, 6) is 0. The Kier molecular flexibility index (Phi) is 6.21. The van der Waals surface area contributed by atoms with Crippen molar-refractivity contribution in [1.29, 1.82) is 0 Å². The van der Waals surface area contributed by atoms with Crippen LogP contribution in [0.3, 0.4) is 0 Å². The van der Waals surface area contributed by atoms with Crippen LogP contribution >= 0.6 is 11.3 Å². The van der Waals surface area contributed by atoms with Gasteiger partial charge in [0.15, 0.2) is 0 Å². The molecule has 11 rings (SSSR count). The van der Waals surface area contributed by atoms with Gasteiger partial charge in [-0.05, 0) is 105 Å². The highest BCUT2D eigenvalue weighted by molar-refractivity contribution is 7.25. The van der Waals surface area contributed by atoms with Crippen molar-refractivity contribution in [1.82, 2.24) is 0 Å². The second kappa shape index (κ2) is 10.9. The number of anilines is 3. The van der Waals surface area contributed by atoms with Crippen LogP contribution in [0.15, 0.2) is 168 Å². The summed E-state index contributed by atoms with van der Waals surface area (Å²) in [6.07, 6.45) is 0. The fourth-order valence-corrected chi connectivity index (χ4v) is 9.81. The Morgan fingerprint density at radius 1 is 0.462 bits per heavy atom. The number of hydrogen-bond donors (Lipinski definition) is 0. The molecule has 3 heteroatoms. The minimum atomic E-state index is -0.0406. The number of fused-ring (bicyclic) bond motifs is 11. The third-order valence-electron chi connectivity index (χ3n) is 11.3. The summed E-state index contributed by atoms with van der Waals surface area (Å²) in [4.78, 5) is 2.42. The van der Waals surface area contributed by atoms with Crippen LogP contribution in [0.25, 0.3) is 75.1 Å². The topological polar surface area (TPSA) is 16.4 Å². The molecule has 52 heavy (non-hydrogen) atoms. The molecule has 2 nitrogen and oxygen atoms in total. The van der Waals surface area contributed by atoms with E-state index in [9.17, 15) is 0 Å². The third-order valence-corrected chi connectivity index (χ3v) is 12.4. The summed E-state index contributed by atoms with van der Waals surface area (Å²) in [7, 11) is 0. The second-order valence-corrected chi connectivity index (χ2v) is 15.6. The quantitative estimate of drug-likeness (QED) is 0.184. The van der Waals surface area contributed by atoms with Crippen molar-refractivity contribution in [3.8, 4) is 22.3 Å². The molecule has 0 unspecified atom stereocenters. The van der Waals surface area contributed by atoms with E-state index in [-0.39, 0.29) is 5.41 Å². The first-order chi connectivity index (χ1) is 25.5. The maximum Gasteiger partial charge on any atom is 0.136 e. The molecule has 0 bridgehead atoms. The molecule has 0 atom stereocenters. The van der Waals surface area contributed by atoms with Crippen molar-refractivity contribution in [2.75, 3.05) is 4.90 Å². The molecule has 246 valence electrons. The minimum absolute atomic E-state index is 0.0406. The molecule has 0 saturated heterocycles. The van der Waals surface area contributed by atoms with Gasteiger partial charge in [-0.2, -0.15) is 0 Å². The number of hydrogen-bond acceptors (Lipinski definition) is 3. The van der Waals surface area contributed by atoms with Crippen molar-refractivity contribution in [3.63, 3.8) is 0 Å². The van der Waals surface area contributed by atoms with Gasteiger partial charge in [0, 0.05) is 53.4 Å². The van der Waals surface area contributed by atoms with E-state index < -0.39 is 0 Å². The van der Waals surface area contributed by atoms with Crippen LogP contribution < -0.4 is 4.90 Å². The van der Waals surface area contributed by atoms with E-state index in [0.29, 0.717) is 0 Å². The lowest BCUT2D eigenvalue weighted by Gasteiger charge is -2.27. The zero-order valence-electron chi connectivity index (χ0n) is 28.9. The molecular weight excluding hydrogens is 651 g/mol. The highest BCUT2D eigenvalue weighted by atomic mass is 32.1. The van der Waals surface area contributed by atoms with Gasteiger partial charge < -0.3 is 9.32 Å². The van der Waals surface area contributed by atoms with E-state index >= 15 is 0 Å². The zero-order valence-corrected chi connectivity index (χ0v) is 29.7. The first-order valence-corrected chi connectivity index (χ1v) is 18.7. The first kappa shape index (κ1) is 29.6. The average Bonchev–Trinajstić information content (AvgIpc) is 3.83. The Morgan fingerprint density at radius 2 is 1.13 bits per heavy atom. The minimum Gasteiger partial charge on any atom is -0.456 e. The van der Waals surface area contributed by atoms with Crippen molar-refractivity contribution >= 4 is 81.3 Å². The van der Waals surface area contributed by atoms with E-state index in [0.717, 1.165) is 33.6 Å². The molecule has 2 heterocycles. The van der Waals surface area contributed by atoms with Gasteiger partial charge in [-0.25, -0.2) is 0 Å². The maximum absolute atomic E-state index is 6.23. The van der Waals surface area contributed by atoms with Crippen molar-refractivity contribution in [2.45, 2.75) is 19.3 Å². The highest BCUT2D eigenvalue weighted by Gasteiger charge is 2.35. The Bertz CT molecular complexity index is 3050. The monoisotopic (exact) mass is 683 g/mol. The molecule has 0 spiro atoms. The van der Waals surface area contributed by atoms with Gasteiger partial charge in [0.1, 0.15) is 11.2 Å². The summed E-state index contributed by atoms with van der Waals surface area (Å²) in [5.41, 5.74) is 13.0. The molecule has 1 aliphatic rings. The fourth-order valence-electron chi connectivity index (χ4n) is 8.67. The highest BCUT2D eigenvalue weighted by Crippen LogP contribution is 2.51. The van der Waals surface area contributed by atoms with Crippen LogP contribution in [0.5, 0.6) is 0 Å². The predicted molar refractivity (Wildman–Crippen MR) is 222 cm³/mol. The lowest BCUT2D eigenvalue weighted by atomic mass is 9.82. The van der Waals surface area contributed by atoms with E-state index in [1.54, 1.807) is 0 Å². The SMILES string of the molecule is CC1(C)c2ccccc2-c2cc(N(c3ccc(-c4ccc5ccc6oc7ccccc7c6c5c4)cc3)c3ccc4c(c3)sc3ccccc34)ccc21. The smallest absolute Gasteiger partial charge is 0.136 e. The standard InChI is InChI=1S/C49H33NOS/c1-49(2)42-12-6-3-9-36(42)41-28-34(23-25-43(41)49)50(35-22-24-38-37-10-5-8-14-46(37)52-47(38)29-35)33-20-17-30(18-21-33)32-16-15-31-19-26-45-48(40(31)27-32)39-11-4-7-13-44(39)51-45/h3-29H,1-2H3. The van der Waals surface area contributed by atoms with Gasteiger partial charge in [-0.15, -0.1) is 11.3 Å². The molecule has 10 aromatic rings. The number of benzene rings is 8. The second-order valence-electron chi connectivity index (χ2n) is 14.5. The average molecular weight is 684 g/mol. The number of thiophene rings is 1. The van der Waals surface area contributed by atoms with Gasteiger partial charge in [0.2, 0.25) is 0 Å². The van der Waals surface area contributed by atoms with Gasteiger partial charge >= 0.3 is 0 Å². The first-order valence-electron chi connectivity index (χ1n) is 17.9. The largest absolute Gasteiger partial charge is 0.456 e. The van der Waals surface area contributed by atoms with Gasteiger partial charge in [0.25, 0.3) is 0 Å². The summed E-state index contributed by atoms with van der Waals surface area (Å²) in [6.45, 7) is 4.69. The van der Waals surface area contributed by atoms with E-state index in [2.05, 4.69) is 176 Å². The third kappa shape index (κ3) is 4.30. The fraction of sp³-hybridized carbons (Fsp3) is 0.0612. The number of furan rings is 1. The van der Waals surface area contributed by atoms with Crippen LogP contribution in [-0.2, 0) is 5.41 Å². The Morgan fingerprint density at radius 3 is 2.04 bits per heavy atom. The molecule has 0 aliphatic heterocycles. The predicted octanol–water partition coefficient (Wildman–Crippen LogP) is 14.6. The van der Waals surface area contributed by atoms with Crippen LogP contribution in [0.1, 0.15) is 25.0 Å². The molecule has 2 aromatic heterocycles. The zero-order chi connectivity index (χ0) is 34.6. The lowest BCUT2D eigenvalue weighted by Crippen LogP contribution is -2.15.